The average molecular weight is 533 g/mol. The number of halogens is 3. The number of hydrogen-bond acceptors (Lipinski definition) is 5. The van der Waals surface area contributed by atoms with Gasteiger partial charge >= 0.3 is 11.2 Å². The smallest absolute Gasteiger partial charge is 0.368 e. The monoisotopic (exact) mass is 532 g/mol. The van der Waals surface area contributed by atoms with Gasteiger partial charge in [0.2, 0.25) is 6.17 Å². The van der Waals surface area contributed by atoms with Crippen LogP contribution in [-0.4, -0.2) is 48.5 Å². The Morgan fingerprint density at radius 3 is 2.17 bits per heavy atom. The van der Waals surface area contributed by atoms with E-state index in [-0.39, 0.29) is 5.56 Å². The Kier molecular flexibility index (Phi) is 11.1. The van der Waals surface area contributed by atoms with E-state index in [4.69, 9.17) is 0 Å². The number of hydrogen-bond donors (Lipinski definition) is 0. The van der Waals surface area contributed by atoms with E-state index in [0.29, 0.717) is 16.5 Å². The van der Waals surface area contributed by atoms with Crippen LogP contribution in [0.4, 0.5) is 13.2 Å². The van der Waals surface area contributed by atoms with Crippen molar-refractivity contribution >= 4 is 27.0 Å². The van der Waals surface area contributed by atoms with Gasteiger partial charge in [-0.25, -0.2) is 17.6 Å². The van der Waals surface area contributed by atoms with Crippen LogP contribution < -0.4 is 0 Å². The molecule has 0 amide bonds. The molecular formula is C25H31F3O5S2. The highest BCUT2D eigenvalue weighted by Gasteiger charge is 2.48. The van der Waals surface area contributed by atoms with Crippen molar-refractivity contribution in [2.75, 3.05) is 18.1 Å². The van der Waals surface area contributed by atoms with Gasteiger partial charge in [0.05, 0.1) is 5.56 Å². The fourth-order valence-corrected chi connectivity index (χ4v) is 6.25. The Morgan fingerprint density at radius 1 is 1.03 bits per heavy atom. The molecule has 0 spiro atoms. The number of esters is 1. The number of benzene rings is 2. The summed E-state index contributed by atoms with van der Waals surface area (Å²) in [7, 11) is -5.94. The summed E-state index contributed by atoms with van der Waals surface area (Å²) in [5, 5.41) is -5.19. The second kappa shape index (κ2) is 13.3. The van der Waals surface area contributed by atoms with E-state index in [0.717, 1.165) is 24.2 Å². The van der Waals surface area contributed by atoms with E-state index in [2.05, 4.69) is 30.7 Å². The molecule has 0 bridgehead atoms. The minimum Gasteiger partial charge on any atom is -0.743 e. The molecule has 1 unspecified atom stereocenters. The molecule has 35 heavy (non-hydrogen) atoms. The van der Waals surface area contributed by atoms with Crippen molar-refractivity contribution in [3.05, 3.63) is 59.7 Å². The van der Waals surface area contributed by atoms with Gasteiger partial charge in [-0.15, -0.1) is 0 Å². The maximum absolute atomic E-state index is 13.6. The summed E-state index contributed by atoms with van der Waals surface area (Å²) in [5.74, 6) is 2.27. The Bertz CT molecular complexity index is 1070. The van der Waals surface area contributed by atoms with Gasteiger partial charge < -0.3 is 9.29 Å². The van der Waals surface area contributed by atoms with Gasteiger partial charge in [0, 0.05) is 5.56 Å². The topological polar surface area (TPSA) is 83.5 Å². The van der Waals surface area contributed by atoms with E-state index < -0.39 is 34.1 Å². The predicted molar refractivity (Wildman–Crippen MR) is 132 cm³/mol. The Hall–Kier alpha value is -2.04. The van der Waals surface area contributed by atoms with E-state index in [1.54, 1.807) is 12.1 Å². The van der Waals surface area contributed by atoms with Gasteiger partial charge in [-0.3, -0.25) is 0 Å². The average Bonchev–Trinajstić information content (AvgIpc) is 2.83. The highest BCUT2D eigenvalue weighted by molar-refractivity contribution is 7.96. The number of carbonyl (C=O) groups is 1. The van der Waals surface area contributed by atoms with Crippen LogP contribution in [-0.2, 0) is 31.5 Å². The highest BCUT2D eigenvalue weighted by Crippen LogP contribution is 2.28. The van der Waals surface area contributed by atoms with E-state index in [1.165, 1.54) is 42.0 Å². The van der Waals surface area contributed by atoms with Crippen LogP contribution in [0.1, 0.15) is 55.5 Å². The molecule has 0 aliphatic heterocycles. The molecule has 0 saturated carbocycles. The van der Waals surface area contributed by atoms with Crippen molar-refractivity contribution < 1.29 is 35.7 Å². The van der Waals surface area contributed by atoms with Crippen molar-refractivity contribution in [3.63, 3.8) is 0 Å². The number of carbonyl (C=O) groups excluding carboxylic acids is 1. The van der Waals surface area contributed by atoms with Gasteiger partial charge in [-0.2, -0.15) is 8.78 Å². The van der Waals surface area contributed by atoms with Crippen molar-refractivity contribution in [3.8, 4) is 11.1 Å². The lowest BCUT2D eigenvalue weighted by molar-refractivity contribution is -0.0362. The van der Waals surface area contributed by atoms with E-state index in [9.17, 15) is 30.9 Å². The molecule has 0 heterocycles. The molecule has 2 aromatic carbocycles. The fourth-order valence-electron chi connectivity index (χ4n) is 3.33. The summed E-state index contributed by atoms with van der Waals surface area (Å²) in [5.41, 5.74) is 2.72. The molecule has 0 radical (unpaired) electrons. The van der Waals surface area contributed by atoms with Crippen LogP contribution in [0.2, 0.25) is 0 Å². The van der Waals surface area contributed by atoms with E-state index >= 15 is 0 Å². The molecule has 5 nitrogen and oxygen atoms in total. The van der Waals surface area contributed by atoms with Crippen LogP contribution in [0.25, 0.3) is 11.1 Å². The molecule has 10 heteroatoms. The third kappa shape index (κ3) is 8.54. The molecule has 0 fully saturated rings. The third-order valence-electron chi connectivity index (χ3n) is 5.36. The number of ether oxygens (including phenoxy) is 1. The molecule has 2 rings (SSSR count). The lowest BCUT2D eigenvalue weighted by atomic mass is 10.0. The van der Waals surface area contributed by atoms with Crippen LogP contribution in [0.3, 0.4) is 0 Å². The molecule has 194 valence electrons. The maximum atomic E-state index is 13.6. The number of rotatable bonds is 14. The molecule has 0 saturated heterocycles. The Labute approximate surface area is 208 Å². The van der Waals surface area contributed by atoms with Gasteiger partial charge in [-0.05, 0) is 53.1 Å². The molecule has 0 aromatic heterocycles. The second-order valence-corrected chi connectivity index (χ2v) is 12.0. The predicted octanol–water partition coefficient (Wildman–Crippen LogP) is 5.71. The minimum absolute atomic E-state index is 0.0148. The third-order valence-corrected chi connectivity index (χ3v) is 8.76. The first-order valence-corrected chi connectivity index (χ1v) is 14.6. The number of alkyl halides is 3. The molecule has 1 atom stereocenters. The fraction of sp³-hybridized carbons (Fsp3) is 0.480. The van der Waals surface area contributed by atoms with Crippen LogP contribution in [0.5, 0.6) is 0 Å². The zero-order chi connectivity index (χ0) is 26.1. The van der Waals surface area contributed by atoms with Gasteiger partial charge in [0.25, 0.3) is 0 Å². The van der Waals surface area contributed by atoms with Gasteiger partial charge in [0.15, 0.2) is 10.1 Å². The molecule has 0 aliphatic rings. The Balaban J connectivity index is 2.12. The summed E-state index contributed by atoms with van der Waals surface area (Å²) in [6.07, 6.45) is 1.24. The number of unbranched alkanes of at least 4 members (excludes halogenated alkanes) is 2. The van der Waals surface area contributed by atoms with Gasteiger partial charge in [0.1, 0.15) is 23.9 Å². The quantitative estimate of drug-likeness (QED) is 0.177. The summed E-state index contributed by atoms with van der Waals surface area (Å²) < 4.78 is 76.2. The van der Waals surface area contributed by atoms with Crippen molar-refractivity contribution in [2.45, 2.75) is 56.7 Å². The SMILES string of the molecule is CCCC[S+](CCCC)Cc1cccc(-c2cccc(C(=O)OCC(F)C(F)(F)S(=O)(=O)[O-])c2)c1. The first-order valence-electron chi connectivity index (χ1n) is 11.5. The lowest BCUT2D eigenvalue weighted by Crippen LogP contribution is -2.41. The zero-order valence-electron chi connectivity index (χ0n) is 19.8. The summed E-state index contributed by atoms with van der Waals surface area (Å²) in [6.45, 7) is 2.81. The van der Waals surface area contributed by atoms with Gasteiger partial charge in [-0.1, -0.05) is 57.0 Å². The highest BCUT2D eigenvalue weighted by atomic mass is 32.2. The second-order valence-electron chi connectivity index (χ2n) is 8.24. The van der Waals surface area contributed by atoms with E-state index in [1.807, 2.05) is 12.1 Å². The maximum Gasteiger partial charge on any atom is 0.368 e. The minimum atomic E-state index is -6.23. The molecule has 0 N–H and O–H groups in total. The van der Waals surface area contributed by atoms with Crippen molar-refractivity contribution in [1.82, 2.24) is 0 Å². The summed E-state index contributed by atoms with van der Waals surface area (Å²) in [4.78, 5) is 12.3. The first-order chi connectivity index (χ1) is 16.5. The normalized spacial score (nSPS) is 13.1. The van der Waals surface area contributed by atoms with Crippen LogP contribution in [0, 0.1) is 0 Å². The first kappa shape index (κ1) is 29.2. The Morgan fingerprint density at radius 2 is 1.60 bits per heavy atom. The summed E-state index contributed by atoms with van der Waals surface area (Å²) >= 11 is 0. The van der Waals surface area contributed by atoms with Crippen molar-refractivity contribution in [2.24, 2.45) is 0 Å². The molecule has 2 aromatic rings. The molecular weight excluding hydrogens is 501 g/mol. The zero-order valence-corrected chi connectivity index (χ0v) is 21.5. The summed E-state index contributed by atoms with van der Waals surface area (Å²) in [6, 6.07) is 14.2. The van der Waals surface area contributed by atoms with Crippen LogP contribution >= 0.6 is 0 Å². The largest absolute Gasteiger partial charge is 0.743 e. The van der Waals surface area contributed by atoms with Crippen LogP contribution in [0.15, 0.2) is 48.5 Å². The standard InChI is InChI=1S/C25H31F3O5S2/c1-3-5-13-34(14-6-4-2)18-19-9-7-10-20(15-19)21-11-8-12-22(16-21)24(29)33-17-23(26)25(27,28)35(30,31)32/h7-12,15-16,23H,3-6,13-14,17-18H2,1-2H3. The lowest BCUT2D eigenvalue weighted by Gasteiger charge is -2.23. The molecule has 0 aliphatic carbocycles. The van der Waals surface area contributed by atoms with Crippen molar-refractivity contribution in [1.29, 1.82) is 0 Å².